The number of methoxy groups -OCH3 is 1. The normalized spacial score (nSPS) is 10.9. The molecule has 0 unspecified atom stereocenters. The number of aromatic nitrogens is 3. The third-order valence-corrected chi connectivity index (χ3v) is 4.49. The predicted molar refractivity (Wildman–Crippen MR) is 107 cm³/mol. The number of nitro benzene ring substituents is 1. The largest absolute Gasteiger partial charge is 0.496 e. The Bertz CT molecular complexity index is 1220. The van der Waals surface area contributed by atoms with Crippen LogP contribution in [0, 0.1) is 15.9 Å². The first-order valence-corrected chi connectivity index (χ1v) is 8.64. The molecule has 2 aromatic heterocycles. The Labute approximate surface area is 164 Å². The molecule has 4 rings (SSSR count). The molecule has 0 radical (unpaired) electrons. The van der Waals surface area contributed by atoms with Gasteiger partial charge in [-0.25, -0.2) is 9.37 Å². The second-order valence-electron chi connectivity index (χ2n) is 6.33. The molecule has 8 nitrogen and oxygen atoms in total. The molecule has 0 saturated carbocycles. The Morgan fingerprint density at radius 3 is 2.59 bits per heavy atom. The number of hydrogen-bond donors (Lipinski definition) is 1. The van der Waals surface area contributed by atoms with Crippen molar-refractivity contribution in [1.29, 1.82) is 0 Å². The monoisotopic (exact) mass is 393 g/mol. The first-order chi connectivity index (χ1) is 14.0. The van der Waals surface area contributed by atoms with Gasteiger partial charge in [0.15, 0.2) is 0 Å². The Kier molecular flexibility index (Phi) is 4.55. The maximum Gasteiger partial charge on any atom is 0.296 e. The zero-order valence-corrected chi connectivity index (χ0v) is 15.6. The Morgan fingerprint density at radius 1 is 1.14 bits per heavy atom. The molecule has 4 aromatic rings. The number of nitro groups is 1. The van der Waals surface area contributed by atoms with E-state index in [1.54, 1.807) is 18.2 Å². The van der Waals surface area contributed by atoms with E-state index >= 15 is 0 Å². The molecule has 29 heavy (non-hydrogen) atoms. The Balaban J connectivity index is 1.84. The number of nitrogens with zero attached hydrogens (tertiary/aromatic N) is 4. The minimum absolute atomic E-state index is 0.164. The summed E-state index contributed by atoms with van der Waals surface area (Å²) >= 11 is 0. The number of anilines is 2. The quantitative estimate of drug-likeness (QED) is 0.398. The number of ether oxygens (including phenoxy) is 1. The highest BCUT2D eigenvalue weighted by Gasteiger charge is 2.18. The lowest BCUT2D eigenvalue weighted by molar-refractivity contribution is -0.384. The molecule has 146 valence electrons. The zero-order chi connectivity index (χ0) is 20.5. The molecule has 0 atom stereocenters. The van der Waals surface area contributed by atoms with Crippen molar-refractivity contribution in [2.45, 2.75) is 0 Å². The van der Waals surface area contributed by atoms with Crippen molar-refractivity contribution in [3.8, 4) is 17.0 Å². The molecule has 9 heteroatoms. The number of nitrogens with one attached hydrogen (secondary N) is 1. The molecule has 0 fully saturated rings. The van der Waals surface area contributed by atoms with Gasteiger partial charge in [0, 0.05) is 24.2 Å². The van der Waals surface area contributed by atoms with Gasteiger partial charge in [0.25, 0.3) is 5.69 Å². The van der Waals surface area contributed by atoms with E-state index in [0.29, 0.717) is 22.7 Å². The highest BCUT2D eigenvalue weighted by atomic mass is 19.1. The minimum atomic E-state index is -0.507. The van der Waals surface area contributed by atoms with Gasteiger partial charge < -0.3 is 14.6 Å². The molecule has 0 amide bonds. The molecule has 2 aromatic carbocycles. The maximum atomic E-state index is 13.3. The van der Waals surface area contributed by atoms with Crippen molar-refractivity contribution in [2.75, 3.05) is 12.4 Å². The van der Waals surface area contributed by atoms with Crippen molar-refractivity contribution in [2.24, 2.45) is 7.05 Å². The van der Waals surface area contributed by atoms with E-state index in [1.165, 1.54) is 31.4 Å². The first-order valence-electron chi connectivity index (χ1n) is 8.64. The van der Waals surface area contributed by atoms with E-state index in [0.717, 1.165) is 5.39 Å². The number of halogens is 1. The molecule has 0 bridgehead atoms. The van der Waals surface area contributed by atoms with Crippen LogP contribution >= 0.6 is 0 Å². The Morgan fingerprint density at radius 2 is 1.90 bits per heavy atom. The summed E-state index contributed by atoms with van der Waals surface area (Å²) < 4.78 is 20.2. The summed E-state index contributed by atoms with van der Waals surface area (Å²) in [5.41, 5.74) is 2.00. The zero-order valence-electron chi connectivity index (χ0n) is 15.6. The lowest BCUT2D eigenvalue weighted by Gasteiger charge is -2.10. The highest BCUT2D eigenvalue weighted by Crippen LogP contribution is 2.33. The summed E-state index contributed by atoms with van der Waals surface area (Å²) in [4.78, 5) is 20.0. The van der Waals surface area contributed by atoms with Crippen molar-refractivity contribution in [1.82, 2.24) is 14.5 Å². The van der Waals surface area contributed by atoms with Gasteiger partial charge in [0.2, 0.25) is 5.95 Å². The first kappa shape index (κ1) is 18.4. The maximum absolute atomic E-state index is 13.3. The number of hydrogen-bond acceptors (Lipinski definition) is 6. The van der Waals surface area contributed by atoms with Crippen LogP contribution in [0.5, 0.6) is 5.75 Å². The third-order valence-electron chi connectivity index (χ3n) is 4.49. The third kappa shape index (κ3) is 3.45. The van der Waals surface area contributed by atoms with Crippen LogP contribution in [-0.2, 0) is 7.05 Å². The summed E-state index contributed by atoms with van der Waals surface area (Å²) in [5, 5.41) is 15.2. The van der Waals surface area contributed by atoms with E-state index in [4.69, 9.17) is 4.74 Å². The molecular formula is C20H16FN5O3. The predicted octanol–water partition coefficient (Wildman–Crippen LogP) is 4.43. The van der Waals surface area contributed by atoms with Gasteiger partial charge >= 0.3 is 0 Å². The fourth-order valence-corrected chi connectivity index (χ4v) is 3.04. The second kappa shape index (κ2) is 7.19. The standard InChI is InChI=1S/C20H16FN5O3/c1-25-10-9-15-18(12-3-5-13(21)6-4-12)23-20(24-19(15)25)22-16-8-7-14(29-2)11-17(16)26(27)28/h3-11H,1-2H3,(H,22,23,24). The van der Waals surface area contributed by atoms with Crippen LogP contribution in [0.1, 0.15) is 0 Å². The molecule has 0 aliphatic carbocycles. The molecule has 0 spiro atoms. The highest BCUT2D eigenvalue weighted by molar-refractivity contribution is 5.92. The topological polar surface area (TPSA) is 95.1 Å². The summed E-state index contributed by atoms with van der Waals surface area (Å²) in [6.07, 6.45) is 1.84. The van der Waals surface area contributed by atoms with Crippen LogP contribution in [0.2, 0.25) is 0 Å². The summed E-state index contributed by atoms with van der Waals surface area (Å²) in [5.74, 6) is 0.208. The molecule has 0 saturated heterocycles. The number of benzene rings is 2. The summed E-state index contributed by atoms with van der Waals surface area (Å²) in [7, 11) is 3.27. The molecule has 1 N–H and O–H groups in total. The van der Waals surface area contributed by atoms with Gasteiger partial charge in [-0.05, 0) is 42.5 Å². The molecular weight excluding hydrogens is 377 g/mol. The fraction of sp³-hybridized carbons (Fsp3) is 0.100. The van der Waals surface area contributed by atoms with Gasteiger partial charge in [0.1, 0.15) is 22.9 Å². The van der Waals surface area contributed by atoms with E-state index in [2.05, 4.69) is 15.3 Å². The van der Waals surface area contributed by atoms with Crippen LogP contribution in [-0.4, -0.2) is 26.6 Å². The molecule has 2 heterocycles. The number of aryl methyl sites for hydroxylation is 1. The Hall–Kier alpha value is -4.01. The van der Waals surface area contributed by atoms with Crippen LogP contribution in [0.3, 0.4) is 0 Å². The van der Waals surface area contributed by atoms with E-state index in [1.807, 2.05) is 23.9 Å². The average molecular weight is 393 g/mol. The fourth-order valence-electron chi connectivity index (χ4n) is 3.04. The van der Waals surface area contributed by atoms with Gasteiger partial charge in [0.05, 0.1) is 23.8 Å². The van der Waals surface area contributed by atoms with Crippen LogP contribution in [0.25, 0.3) is 22.3 Å². The van der Waals surface area contributed by atoms with Crippen LogP contribution in [0.15, 0.2) is 54.7 Å². The summed E-state index contributed by atoms with van der Waals surface area (Å²) in [6, 6.07) is 12.3. The summed E-state index contributed by atoms with van der Waals surface area (Å²) in [6.45, 7) is 0. The average Bonchev–Trinajstić information content (AvgIpc) is 3.09. The van der Waals surface area contributed by atoms with Gasteiger partial charge in [-0.3, -0.25) is 10.1 Å². The number of fused-ring (bicyclic) bond motifs is 1. The van der Waals surface area contributed by atoms with E-state index in [-0.39, 0.29) is 23.1 Å². The van der Waals surface area contributed by atoms with Crippen molar-refractivity contribution in [3.05, 3.63) is 70.7 Å². The smallest absolute Gasteiger partial charge is 0.296 e. The van der Waals surface area contributed by atoms with Crippen LogP contribution < -0.4 is 10.1 Å². The lowest BCUT2D eigenvalue weighted by Crippen LogP contribution is -2.03. The van der Waals surface area contributed by atoms with Gasteiger partial charge in [-0.15, -0.1) is 0 Å². The van der Waals surface area contributed by atoms with E-state index in [9.17, 15) is 14.5 Å². The van der Waals surface area contributed by atoms with Crippen molar-refractivity contribution < 1.29 is 14.1 Å². The minimum Gasteiger partial charge on any atom is -0.496 e. The lowest BCUT2D eigenvalue weighted by atomic mass is 10.1. The van der Waals surface area contributed by atoms with Gasteiger partial charge in [-0.2, -0.15) is 4.98 Å². The van der Waals surface area contributed by atoms with Crippen molar-refractivity contribution >= 4 is 28.4 Å². The molecule has 0 aliphatic rings. The SMILES string of the molecule is COc1ccc(Nc2nc(-c3ccc(F)cc3)c3ccn(C)c3n2)c([N+](=O)[O-])c1. The van der Waals surface area contributed by atoms with Gasteiger partial charge in [-0.1, -0.05) is 0 Å². The van der Waals surface area contributed by atoms with Crippen LogP contribution in [0.4, 0.5) is 21.7 Å². The molecule has 0 aliphatic heterocycles. The number of rotatable bonds is 5. The second-order valence-corrected chi connectivity index (χ2v) is 6.33. The van der Waals surface area contributed by atoms with Crippen molar-refractivity contribution in [3.63, 3.8) is 0 Å². The van der Waals surface area contributed by atoms with E-state index < -0.39 is 4.92 Å².